The van der Waals surface area contributed by atoms with Crippen LogP contribution in [0.2, 0.25) is 0 Å². The first kappa shape index (κ1) is 21.6. The predicted molar refractivity (Wildman–Crippen MR) is 126 cm³/mol. The molecule has 0 N–H and O–H groups in total. The number of nitrogens with zero attached hydrogens (tertiary/aromatic N) is 6. The molecule has 0 unspecified atom stereocenters. The molecular formula is C24H29FN6O2. The van der Waals surface area contributed by atoms with Crippen LogP contribution in [0.3, 0.4) is 0 Å². The van der Waals surface area contributed by atoms with Gasteiger partial charge in [-0.3, -0.25) is 22.9 Å². The maximum atomic E-state index is 13.4. The second-order valence-electron chi connectivity index (χ2n) is 8.94. The summed E-state index contributed by atoms with van der Waals surface area (Å²) in [5, 5.41) is 0. The van der Waals surface area contributed by atoms with E-state index in [1.54, 1.807) is 23.6 Å². The number of imidazole rings is 2. The van der Waals surface area contributed by atoms with E-state index in [-0.39, 0.29) is 17.1 Å². The third-order valence-electron chi connectivity index (χ3n) is 6.67. The van der Waals surface area contributed by atoms with E-state index in [1.807, 2.05) is 17.7 Å². The van der Waals surface area contributed by atoms with Crippen molar-refractivity contribution in [1.29, 1.82) is 0 Å². The van der Waals surface area contributed by atoms with Gasteiger partial charge in [0.05, 0.1) is 0 Å². The van der Waals surface area contributed by atoms with Gasteiger partial charge in [0.1, 0.15) is 5.82 Å². The van der Waals surface area contributed by atoms with Gasteiger partial charge in [0.2, 0.25) is 5.78 Å². The minimum atomic E-state index is -0.353. The fourth-order valence-electron chi connectivity index (χ4n) is 4.93. The largest absolute Gasteiger partial charge is 0.332 e. The van der Waals surface area contributed by atoms with Crippen LogP contribution >= 0.6 is 0 Å². The van der Waals surface area contributed by atoms with Crippen LogP contribution in [-0.4, -0.2) is 47.6 Å². The molecule has 1 fully saturated rings. The van der Waals surface area contributed by atoms with E-state index in [0.717, 1.165) is 37.4 Å². The van der Waals surface area contributed by atoms with Gasteiger partial charge < -0.3 is 4.90 Å². The number of rotatable bonds is 5. The fourth-order valence-corrected chi connectivity index (χ4v) is 4.93. The smallest absolute Gasteiger partial charge is 0.303 e. The minimum Gasteiger partial charge on any atom is -0.303 e. The molecule has 0 aliphatic carbocycles. The Balaban J connectivity index is 1.55. The molecule has 0 amide bonds. The molecule has 0 saturated carbocycles. The molecule has 1 aliphatic heterocycles. The summed E-state index contributed by atoms with van der Waals surface area (Å²) in [6.07, 6.45) is 7.57. The van der Waals surface area contributed by atoms with Crippen molar-refractivity contribution in [1.82, 2.24) is 28.0 Å². The van der Waals surface area contributed by atoms with Crippen LogP contribution in [0.5, 0.6) is 0 Å². The third-order valence-corrected chi connectivity index (χ3v) is 6.67. The van der Waals surface area contributed by atoms with Gasteiger partial charge in [0.15, 0.2) is 11.2 Å². The van der Waals surface area contributed by atoms with E-state index in [0.29, 0.717) is 23.5 Å². The molecule has 0 radical (unpaired) electrons. The predicted octanol–water partition coefficient (Wildman–Crippen LogP) is 2.85. The normalized spacial score (nSPS) is 15.5. The molecule has 5 rings (SSSR count). The highest BCUT2D eigenvalue weighted by atomic mass is 19.1. The summed E-state index contributed by atoms with van der Waals surface area (Å²) < 4.78 is 19.8. The molecule has 9 heteroatoms. The summed E-state index contributed by atoms with van der Waals surface area (Å²) in [5.74, 6) is 0.196. The zero-order valence-electron chi connectivity index (χ0n) is 19.1. The highest BCUT2D eigenvalue weighted by molar-refractivity contribution is 5.76. The number of aryl methyl sites for hydroxylation is 2. The zero-order chi connectivity index (χ0) is 23.1. The minimum absolute atomic E-state index is 0.321. The van der Waals surface area contributed by atoms with E-state index in [1.165, 1.54) is 47.0 Å². The van der Waals surface area contributed by atoms with Gasteiger partial charge >= 0.3 is 5.69 Å². The summed E-state index contributed by atoms with van der Waals surface area (Å²) in [6.45, 7) is 5.35. The van der Waals surface area contributed by atoms with Crippen molar-refractivity contribution in [2.45, 2.75) is 45.6 Å². The number of aromatic nitrogens is 5. The van der Waals surface area contributed by atoms with Crippen molar-refractivity contribution in [3.05, 3.63) is 62.8 Å². The van der Waals surface area contributed by atoms with E-state index in [2.05, 4.69) is 9.88 Å². The van der Waals surface area contributed by atoms with Gasteiger partial charge in [-0.1, -0.05) is 12.8 Å². The van der Waals surface area contributed by atoms with Crippen molar-refractivity contribution in [2.24, 2.45) is 7.05 Å². The summed E-state index contributed by atoms with van der Waals surface area (Å²) in [5.41, 5.74) is 1.64. The third kappa shape index (κ3) is 3.80. The molecule has 1 aromatic carbocycles. The first-order valence-corrected chi connectivity index (χ1v) is 11.6. The molecular weight excluding hydrogens is 423 g/mol. The monoisotopic (exact) mass is 452 g/mol. The van der Waals surface area contributed by atoms with Crippen molar-refractivity contribution in [2.75, 3.05) is 19.6 Å². The van der Waals surface area contributed by atoms with Gasteiger partial charge in [0, 0.05) is 31.2 Å². The first-order chi connectivity index (χ1) is 16.0. The number of halogens is 1. The molecule has 0 spiro atoms. The Morgan fingerprint density at radius 1 is 1.00 bits per heavy atom. The Hall–Kier alpha value is -3.20. The summed E-state index contributed by atoms with van der Waals surface area (Å²) in [4.78, 5) is 33.5. The lowest BCUT2D eigenvalue weighted by atomic mass is 10.2. The Labute approximate surface area is 190 Å². The molecule has 0 atom stereocenters. The van der Waals surface area contributed by atoms with Gasteiger partial charge in [0.25, 0.3) is 5.56 Å². The van der Waals surface area contributed by atoms with Gasteiger partial charge in [-0.25, -0.2) is 9.18 Å². The Morgan fingerprint density at radius 2 is 1.70 bits per heavy atom. The number of hydrogen-bond donors (Lipinski definition) is 0. The van der Waals surface area contributed by atoms with E-state index in [9.17, 15) is 14.0 Å². The number of likely N-dealkylation sites (tertiary alicyclic amines) is 1. The second-order valence-corrected chi connectivity index (χ2v) is 8.94. The molecule has 8 nitrogen and oxygen atoms in total. The van der Waals surface area contributed by atoms with E-state index >= 15 is 0 Å². The van der Waals surface area contributed by atoms with Crippen molar-refractivity contribution in [3.63, 3.8) is 0 Å². The first-order valence-electron chi connectivity index (χ1n) is 11.6. The highest BCUT2D eigenvalue weighted by Gasteiger charge is 2.21. The highest BCUT2D eigenvalue weighted by Crippen LogP contribution is 2.21. The van der Waals surface area contributed by atoms with Crippen LogP contribution in [0.25, 0.3) is 22.6 Å². The summed E-state index contributed by atoms with van der Waals surface area (Å²) in [7, 11) is 1.65. The molecule has 4 heterocycles. The van der Waals surface area contributed by atoms with Crippen molar-refractivity contribution in [3.8, 4) is 5.69 Å². The van der Waals surface area contributed by atoms with Gasteiger partial charge in [-0.2, -0.15) is 4.98 Å². The Morgan fingerprint density at radius 3 is 2.39 bits per heavy atom. The summed E-state index contributed by atoms with van der Waals surface area (Å²) >= 11 is 0. The van der Waals surface area contributed by atoms with Crippen molar-refractivity contribution >= 4 is 16.9 Å². The lowest BCUT2D eigenvalue weighted by Crippen LogP contribution is -2.40. The number of benzene rings is 1. The molecule has 3 aromatic heterocycles. The zero-order valence-corrected chi connectivity index (χ0v) is 19.1. The SMILES string of the molecule is Cc1cn2c3c(=O)n(CCCN4CCCCCC4)c(=O)n(C)c3nc2n1-c1ccc(F)cc1. The average molecular weight is 453 g/mol. The average Bonchev–Trinajstić information content (AvgIpc) is 3.17. The standard InChI is InChI=1S/C24H29FN6O2/c1-17-16-30-20-21(26-23(30)31(17)19-10-8-18(25)9-11-19)27(2)24(33)29(22(20)32)15-7-14-28-12-5-3-4-6-13-28/h8-11,16H,3-7,12-15H2,1-2H3. The number of hydrogen-bond acceptors (Lipinski definition) is 4. The van der Waals surface area contributed by atoms with Crippen LogP contribution in [0.1, 0.15) is 37.8 Å². The topological polar surface area (TPSA) is 69.5 Å². The second kappa shape index (κ2) is 8.62. The molecule has 1 aliphatic rings. The maximum absolute atomic E-state index is 13.4. The summed E-state index contributed by atoms with van der Waals surface area (Å²) in [6, 6.07) is 6.12. The fraction of sp³-hybridized carbons (Fsp3) is 0.458. The van der Waals surface area contributed by atoms with Crippen LogP contribution < -0.4 is 11.2 Å². The van der Waals surface area contributed by atoms with Crippen LogP contribution in [0.15, 0.2) is 40.1 Å². The molecule has 0 bridgehead atoms. The Bertz CT molecular complexity index is 1420. The van der Waals surface area contributed by atoms with Crippen LogP contribution in [-0.2, 0) is 13.6 Å². The van der Waals surface area contributed by atoms with Gasteiger partial charge in [-0.15, -0.1) is 0 Å². The van der Waals surface area contributed by atoms with Crippen LogP contribution in [0.4, 0.5) is 4.39 Å². The van der Waals surface area contributed by atoms with E-state index < -0.39 is 0 Å². The van der Waals surface area contributed by atoms with Crippen molar-refractivity contribution < 1.29 is 4.39 Å². The lowest BCUT2D eigenvalue weighted by molar-refractivity contribution is 0.274. The maximum Gasteiger partial charge on any atom is 0.332 e. The van der Waals surface area contributed by atoms with Crippen LogP contribution in [0, 0.1) is 12.7 Å². The van der Waals surface area contributed by atoms with Gasteiger partial charge in [-0.05, 0) is 70.1 Å². The molecule has 4 aromatic rings. The lowest BCUT2D eigenvalue weighted by Gasteiger charge is -2.19. The Kier molecular flexibility index (Phi) is 5.65. The molecule has 33 heavy (non-hydrogen) atoms. The molecule has 174 valence electrons. The number of fused-ring (bicyclic) bond motifs is 3. The quantitative estimate of drug-likeness (QED) is 0.467. The molecule has 1 saturated heterocycles. The van der Waals surface area contributed by atoms with E-state index in [4.69, 9.17) is 0 Å².